The summed E-state index contributed by atoms with van der Waals surface area (Å²) < 4.78 is 0. The second-order valence-electron chi connectivity index (χ2n) is 4.44. The van der Waals surface area contributed by atoms with Gasteiger partial charge >= 0.3 is 0 Å². The molecule has 0 saturated carbocycles. The number of rotatable bonds is 4. The molecule has 1 saturated heterocycles. The molecule has 2 N–H and O–H groups in total. The minimum Gasteiger partial charge on any atom is -0.341 e. The van der Waals surface area contributed by atoms with Gasteiger partial charge in [0.2, 0.25) is 5.91 Å². The predicted octanol–water partition coefficient (Wildman–Crippen LogP) is 1.29. The number of piperidine rings is 1. The average Bonchev–Trinajstić information content (AvgIpc) is 2.35. The quantitative estimate of drug-likeness (QED) is 0.704. The summed E-state index contributed by atoms with van der Waals surface area (Å²) in [6.07, 6.45) is 9.37. The van der Waals surface area contributed by atoms with Crippen LogP contribution in [-0.4, -0.2) is 24.5 Å². The minimum absolute atomic E-state index is 0.0545. The lowest BCUT2D eigenvalue weighted by molar-refractivity contribution is -0.124. The molecule has 1 rings (SSSR count). The molecule has 0 spiro atoms. The van der Waals surface area contributed by atoms with Crippen LogP contribution in [0.25, 0.3) is 0 Å². The fraction of sp³-hybridized carbons (Fsp3) is 0.769. The van der Waals surface area contributed by atoms with Gasteiger partial charge in [-0.3, -0.25) is 4.79 Å². The van der Waals surface area contributed by atoms with Crippen LogP contribution >= 0.6 is 0 Å². The Bertz CT molecular complexity index is 270. The Morgan fingerprint density at radius 1 is 1.62 bits per heavy atom. The van der Waals surface area contributed by atoms with Gasteiger partial charge < -0.3 is 10.6 Å². The molecule has 1 aliphatic rings. The number of hydrogen-bond acceptors (Lipinski definition) is 2. The Morgan fingerprint density at radius 3 is 2.94 bits per heavy atom. The lowest BCUT2D eigenvalue weighted by atomic mass is 9.90. The highest BCUT2D eigenvalue weighted by Crippen LogP contribution is 2.19. The summed E-state index contributed by atoms with van der Waals surface area (Å²) in [6, 6.07) is -0.183. The normalized spacial score (nSPS) is 26.8. The number of amides is 1. The fourth-order valence-corrected chi connectivity index (χ4v) is 2.10. The molecule has 90 valence electrons. The van der Waals surface area contributed by atoms with Crippen LogP contribution in [0.4, 0.5) is 0 Å². The van der Waals surface area contributed by atoms with Gasteiger partial charge in [-0.15, -0.1) is 6.42 Å². The second kappa shape index (κ2) is 6.55. The van der Waals surface area contributed by atoms with E-state index >= 15 is 0 Å². The first-order chi connectivity index (χ1) is 7.71. The summed E-state index contributed by atoms with van der Waals surface area (Å²) in [5, 5.41) is 6.15. The van der Waals surface area contributed by atoms with Crippen LogP contribution in [-0.2, 0) is 4.79 Å². The maximum atomic E-state index is 11.9. The van der Waals surface area contributed by atoms with Crippen molar-refractivity contribution >= 4 is 5.91 Å². The zero-order valence-electron chi connectivity index (χ0n) is 10.3. The van der Waals surface area contributed by atoms with Crippen molar-refractivity contribution in [2.75, 3.05) is 6.54 Å². The summed E-state index contributed by atoms with van der Waals surface area (Å²) in [5.74, 6) is 3.31. The SMILES string of the molecule is C#CC(CC)NC(=O)C1CC(CC)CCN1. The van der Waals surface area contributed by atoms with Crippen LogP contribution in [0.3, 0.4) is 0 Å². The highest BCUT2D eigenvalue weighted by molar-refractivity contribution is 5.82. The Labute approximate surface area is 98.4 Å². The molecule has 3 nitrogen and oxygen atoms in total. The fourth-order valence-electron chi connectivity index (χ4n) is 2.10. The summed E-state index contributed by atoms with van der Waals surface area (Å²) in [7, 11) is 0. The van der Waals surface area contributed by atoms with Crippen molar-refractivity contribution in [2.45, 2.75) is 51.6 Å². The van der Waals surface area contributed by atoms with Crippen LogP contribution in [0.1, 0.15) is 39.5 Å². The van der Waals surface area contributed by atoms with E-state index in [1.807, 2.05) is 6.92 Å². The first kappa shape index (κ1) is 13.1. The predicted molar refractivity (Wildman–Crippen MR) is 65.9 cm³/mol. The van der Waals surface area contributed by atoms with Gasteiger partial charge in [-0.25, -0.2) is 0 Å². The summed E-state index contributed by atoms with van der Waals surface area (Å²) in [6.45, 7) is 5.10. The molecule has 1 fully saturated rings. The van der Waals surface area contributed by atoms with E-state index < -0.39 is 0 Å². The first-order valence-corrected chi connectivity index (χ1v) is 6.21. The van der Waals surface area contributed by atoms with Gasteiger partial charge in [0.1, 0.15) is 0 Å². The third kappa shape index (κ3) is 3.53. The Morgan fingerprint density at radius 2 is 2.38 bits per heavy atom. The third-order valence-electron chi connectivity index (χ3n) is 3.33. The largest absolute Gasteiger partial charge is 0.341 e. The lowest BCUT2D eigenvalue weighted by Crippen LogP contribution is -2.50. The first-order valence-electron chi connectivity index (χ1n) is 6.21. The van der Waals surface area contributed by atoms with E-state index in [2.05, 4.69) is 23.5 Å². The van der Waals surface area contributed by atoms with Crippen LogP contribution in [0, 0.1) is 18.3 Å². The smallest absolute Gasteiger partial charge is 0.238 e. The van der Waals surface area contributed by atoms with Gasteiger partial charge in [0, 0.05) is 0 Å². The van der Waals surface area contributed by atoms with E-state index in [4.69, 9.17) is 6.42 Å². The van der Waals surface area contributed by atoms with Crippen molar-refractivity contribution in [3.63, 3.8) is 0 Å². The van der Waals surface area contributed by atoms with Crippen LogP contribution in [0.5, 0.6) is 0 Å². The molecule has 3 heteroatoms. The number of hydrogen-bond donors (Lipinski definition) is 2. The zero-order chi connectivity index (χ0) is 12.0. The molecule has 0 radical (unpaired) electrons. The van der Waals surface area contributed by atoms with Crippen molar-refractivity contribution in [3.8, 4) is 12.3 Å². The van der Waals surface area contributed by atoms with Gasteiger partial charge in [-0.2, -0.15) is 0 Å². The van der Waals surface area contributed by atoms with E-state index in [1.165, 1.54) is 6.42 Å². The Balaban J connectivity index is 2.44. The van der Waals surface area contributed by atoms with Crippen molar-refractivity contribution in [1.29, 1.82) is 0 Å². The van der Waals surface area contributed by atoms with Gasteiger partial charge in [0.05, 0.1) is 12.1 Å². The molecule has 0 aromatic carbocycles. The standard InChI is InChI=1S/C13H22N2O/c1-4-10-7-8-14-12(9-10)13(16)15-11(5-2)6-3/h2,10-12,14H,4,6-9H2,1,3H3,(H,15,16). The highest BCUT2D eigenvalue weighted by atomic mass is 16.2. The minimum atomic E-state index is -0.128. The van der Waals surface area contributed by atoms with E-state index in [-0.39, 0.29) is 18.0 Å². The molecule has 3 atom stereocenters. The molecule has 0 bridgehead atoms. The van der Waals surface area contributed by atoms with Crippen LogP contribution in [0.2, 0.25) is 0 Å². The Kier molecular flexibility index (Phi) is 5.34. The molecule has 0 aromatic heterocycles. The van der Waals surface area contributed by atoms with Crippen molar-refractivity contribution in [1.82, 2.24) is 10.6 Å². The molecule has 1 heterocycles. The monoisotopic (exact) mass is 222 g/mol. The Hall–Kier alpha value is -1.01. The van der Waals surface area contributed by atoms with Gasteiger partial charge in [0.25, 0.3) is 0 Å². The molecule has 3 unspecified atom stereocenters. The topological polar surface area (TPSA) is 41.1 Å². The van der Waals surface area contributed by atoms with Crippen LogP contribution in [0.15, 0.2) is 0 Å². The highest BCUT2D eigenvalue weighted by Gasteiger charge is 2.26. The molecular formula is C13H22N2O. The molecule has 0 aliphatic carbocycles. The second-order valence-corrected chi connectivity index (χ2v) is 4.44. The number of terminal acetylenes is 1. The van der Waals surface area contributed by atoms with Gasteiger partial charge in [-0.1, -0.05) is 26.2 Å². The van der Waals surface area contributed by atoms with E-state index in [0.717, 1.165) is 25.8 Å². The molecule has 16 heavy (non-hydrogen) atoms. The van der Waals surface area contributed by atoms with Crippen molar-refractivity contribution in [2.24, 2.45) is 5.92 Å². The molecule has 0 aromatic rings. The maximum absolute atomic E-state index is 11.9. The van der Waals surface area contributed by atoms with E-state index in [1.54, 1.807) is 0 Å². The molecule has 1 aliphatic heterocycles. The summed E-state index contributed by atoms with van der Waals surface area (Å²) >= 11 is 0. The lowest BCUT2D eigenvalue weighted by Gasteiger charge is -2.29. The zero-order valence-corrected chi connectivity index (χ0v) is 10.3. The van der Waals surface area contributed by atoms with E-state index in [0.29, 0.717) is 5.92 Å². The van der Waals surface area contributed by atoms with Gasteiger partial charge in [0.15, 0.2) is 0 Å². The summed E-state index contributed by atoms with van der Waals surface area (Å²) in [4.78, 5) is 11.9. The molecular weight excluding hydrogens is 200 g/mol. The molecule has 1 amide bonds. The van der Waals surface area contributed by atoms with E-state index in [9.17, 15) is 4.79 Å². The van der Waals surface area contributed by atoms with Crippen molar-refractivity contribution < 1.29 is 4.79 Å². The third-order valence-corrected chi connectivity index (χ3v) is 3.33. The summed E-state index contributed by atoms with van der Waals surface area (Å²) in [5.41, 5.74) is 0. The number of carbonyl (C=O) groups excluding carboxylic acids is 1. The average molecular weight is 222 g/mol. The van der Waals surface area contributed by atoms with Gasteiger partial charge in [-0.05, 0) is 31.7 Å². The maximum Gasteiger partial charge on any atom is 0.238 e. The number of nitrogens with one attached hydrogen (secondary N) is 2. The van der Waals surface area contributed by atoms with Crippen molar-refractivity contribution in [3.05, 3.63) is 0 Å². The van der Waals surface area contributed by atoms with Crippen LogP contribution < -0.4 is 10.6 Å². The number of carbonyl (C=O) groups is 1.